The standard InChI is InChI=1S/C39H49ClFN3O4S/c1-25-8-6-9-26(2)49-42-38(46)27-12-16-34-33(20-27)44(23-39(24-48-34)17-7-10-30-31(39)14-15-32(40)36(30)41)21-28-11-13-29(28)37(25)47-22-35(45)43-18-4-3-5-19-43/h8,12,14-16,20,26,28-29,37H,3-7,9-11,13,17-19,21-24H2,1-2H3,(H,42,46)/b25-8+/t26?,28-,29?,37?,39?/m0/s1. The zero-order valence-electron chi connectivity index (χ0n) is 28.8. The van der Waals surface area contributed by atoms with Crippen LogP contribution in [0.25, 0.3) is 0 Å². The van der Waals surface area contributed by atoms with Crippen LogP contribution in [0.1, 0.15) is 93.1 Å². The molecule has 7 nitrogen and oxygen atoms in total. The fraction of sp³-hybridized carbons (Fsp3) is 0.590. The van der Waals surface area contributed by atoms with Crippen molar-refractivity contribution < 1.29 is 23.5 Å². The zero-order valence-corrected chi connectivity index (χ0v) is 30.4. The molecule has 2 amide bonds. The molecule has 2 aromatic carbocycles. The summed E-state index contributed by atoms with van der Waals surface area (Å²) in [6.45, 7) is 7.84. The Morgan fingerprint density at radius 3 is 2.78 bits per heavy atom. The fourth-order valence-electron chi connectivity index (χ4n) is 8.71. The van der Waals surface area contributed by atoms with Gasteiger partial charge in [-0.3, -0.25) is 14.3 Å². The van der Waals surface area contributed by atoms with Gasteiger partial charge in [0.2, 0.25) is 5.91 Å². The highest BCUT2D eigenvalue weighted by Gasteiger charge is 2.45. The van der Waals surface area contributed by atoms with E-state index in [1.807, 2.05) is 29.2 Å². The molecule has 1 spiro atoms. The smallest absolute Gasteiger partial charge is 0.261 e. The average Bonchev–Trinajstić information content (AvgIpc) is 3.25. The summed E-state index contributed by atoms with van der Waals surface area (Å²) in [6.07, 6.45) is 11.7. The van der Waals surface area contributed by atoms with Crippen LogP contribution in [0.4, 0.5) is 10.1 Å². The number of fused-ring (bicyclic) bond motifs is 4. The second-order valence-corrected chi connectivity index (χ2v) is 16.6. The summed E-state index contributed by atoms with van der Waals surface area (Å²) in [5.41, 5.74) is 3.91. The van der Waals surface area contributed by atoms with Crippen molar-refractivity contribution in [2.45, 2.75) is 94.8 Å². The SMILES string of the molecule is C/C1=C\CCC(C)SNC(=O)c2ccc3c(c2)N(C[C@@H]2CCC2C1OCC(=O)N1CCCCC1)CC1(CCCc2c1ccc(Cl)c2F)CO3. The molecule has 3 aliphatic heterocycles. The Balaban J connectivity index is 1.23. The van der Waals surface area contributed by atoms with Gasteiger partial charge in [-0.2, -0.15) is 0 Å². The number of hydrogen-bond acceptors (Lipinski definition) is 6. The second-order valence-electron chi connectivity index (χ2n) is 14.9. The number of carbonyl (C=O) groups is 2. The van der Waals surface area contributed by atoms with E-state index in [1.54, 1.807) is 6.07 Å². The van der Waals surface area contributed by atoms with Gasteiger partial charge in [0.05, 0.1) is 23.4 Å². The third kappa shape index (κ3) is 7.22. The number of hydrogen-bond donors (Lipinski definition) is 1. The maximum Gasteiger partial charge on any atom is 0.261 e. The minimum absolute atomic E-state index is 0.0904. The van der Waals surface area contributed by atoms with Gasteiger partial charge >= 0.3 is 0 Å². The van der Waals surface area contributed by atoms with E-state index in [4.69, 9.17) is 21.1 Å². The molecule has 1 N–H and O–H groups in total. The van der Waals surface area contributed by atoms with Crippen LogP contribution in [-0.4, -0.2) is 67.5 Å². The monoisotopic (exact) mass is 709 g/mol. The lowest BCUT2D eigenvalue weighted by molar-refractivity contribution is -0.140. The molecule has 2 aliphatic carbocycles. The third-order valence-electron chi connectivity index (χ3n) is 11.7. The lowest BCUT2D eigenvalue weighted by Crippen LogP contribution is -2.50. The fourth-order valence-corrected chi connectivity index (χ4v) is 9.57. The third-order valence-corrected chi connectivity index (χ3v) is 12.9. The first-order valence-electron chi connectivity index (χ1n) is 18.2. The minimum Gasteiger partial charge on any atom is -0.490 e. The molecule has 0 radical (unpaired) electrons. The lowest BCUT2D eigenvalue weighted by atomic mass is 9.67. The van der Waals surface area contributed by atoms with E-state index in [0.29, 0.717) is 36.6 Å². The largest absolute Gasteiger partial charge is 0.490 e. The number of halogens is 2. The van der Waals surface area contributed by atoms with Gasteiger partial charge in [-0.25, -0.2) is 4.39 Å². The van der Waals surface area contributed by atoms with Gasteiger partial charge < -0.3 is 19.3 Å². The van der Waals surface area contributed by atoms with Crippen LogP contribution < -0.4 is 14.4 Å². The molecule has 5 atom stereocenters. The normalized spacial score (nSPS) is 30.1. The van der Waals surface area contributed by atoms with Crippen molar-refractivity contribution in [2.24, 2.45) is 11.8 Å². The van der Waals surface area contributed by atoms with Gasteiger partial charge in [0.25, 0.3) is 5.91 Å². The Labute approximate surface area is 299 Å². The van der Waals surface area contributed by atoms with Crippen molar-refractivity contribution in [1.82, 2.24) is 9.62 Å². The molecule has 2 fully saturated rings. The molecule has 1 saturated heterocycles. The van der Waals surface area contributed by atoms with Gasteiger partial charge in [0.1, 0.15) is 18.2 Å². The van der Waals surface area contributed by atoms with E-state index in [2.05, 4.69) is 29.5 Å². The van der Waals surface area contributed by atoms with Crippen molar-refractivity contribution in [3.05, 3.63) is 69.5 Å². The average molecular weight is 710 g/mol. The number of nitrogens with one attached hydrogen (secondary N) is 1. The molecular formula is C39H49ClFN3O4S. The van der Waals surface area contributed by atoms with Crippen LogP contribution in [0.2, 0.25) is 5.02 Å². The predicted octanol–water partition coefficient (Wildman–Crippen LogP) is 7.88. The molecule has 10 heteroatoms. The first kappa shape index (κ1) is 34.7. The number of benzene rings is 2. The van der Waals surface area contributed by atoms with Gasteiger partial charge in [-0.1, -0.05) is 30.7 Å². The number of anilines is 1. The molecule has 1 saturated carbocycles. The molecule has 264 valence electrons. The Morgan fingerprint density at radius 1 is 1.14 bits per heavy atom. The Hall–Kier alpha value is -2.75. The number of amides is 2. The van der Waals surface area contributed by atoms with Crippen LogP contribution in [0.5, 0.6) is 5.75 Å². The van der Waals surface area contributed by atoms with Gasteiger partial charge in [0.15, 0.2) is 0 Å². The summed E-state index contributed by atoms with van der Waals surface area (Å²) in [4.78, 5) is 31.0. The number of allylic oxidation sites excluding steroid dienone is 1. The molecule has 0 aromatic heterocycles. The van der Waals surface area contributed by atoms with E-state index in [-0.39, 0.29) is 46.5 Å². The van der Waals surface area contributed by atoms with Crippen molar-refractivity contribution in [1.29, 1.82) is 0 Å². The van der Waals surface area contributed by atoms with Crippen molar-refractivity contribution >= 4 is 41.1 Å². The van der Waals surface area contributed by atoms with Gasteiger partial charge in [0, 0.05) is 42.4 Å². The zero-order chi connectivity index (χ0) is 34.1. The minimum atomic E-state index is -0.432. The number of ether oxygens (including phenoxy) is 2. The van der Waals surface area contributed by atoms with E-state index < -0.39 is 5.41 Å². The van der Waals surface area contributed by atoms with E-state index in [9.17, 15) is 9.59 Å². The van der Waals surface area contributed by atoms with Crippen LogP contribution in [0, 0.1) is 17.7 Å². The molecule has 7 rings (SSSR count). The number of rotatable bonds is 3. The first-order chi connectivity index (χ1) is 23.7. The number of likely N-dealkylation sites (tertiary alicyclic amines) is 1. The Kier molecular flexibility index (Phi) is 10.5. The number of piperidine rings is 1. The van der Waals surface area contributed by atoms with Crippen LogP contribution in [0.3, 0.4) is 0 Å². The van der Waals surface area contributed by atoms with Crippen molar-refractivity contribution in [3.8, 4) is 5.75 Å². The van der Waals surface area contributed by atoms with Gasteiger partial charge in [-0.15, -0.1) is 0 Å². The van der Waals surface area contributed by atoms with Crippen molar-refractivity contribution in [2.75, 3.05) is 44.3 Å². The summed E-state index contributed by atoms with van der Waals surface area (Å²) in [5.74, 6) is 0.961. The number of carbonyl (C=O) groups excluding carboxylic acids is 2. The summed E-state index contributed by atoms with van der Waals surface area (Å²) < 4.78 is 31.8. The summed E-state index contributed by atoms with van der Waals surface area (Å²) in [7, 11) is 0. The molecule has 49 heavy (non-hydrogen) atoms. The van der Waals surface area contributed by atoms with E-state index in [0.717, 1.165) is 88.0 Å². The molecule has 2 bridgehead atoms. The predicted molar refractivity (Wildman–Crippen MR) is 194 cm³/mol. The first-order valence-corrected chi connectivity index (χ1v) is 19.5. The maximum atomic E-state index is 15.5. The Bertz CT molecular complexity index is 1600. The summed E-state index contributed by atoms with van der Waals surface area (Å²) in [5, 5.41) is 0.380. The summed E-state index contributed by atoms with van der Waals surface area (Å²) in [6, 6.07) is 9.41. The molecular weight excluding hydrogens is 661 g/mol. The van der Waals surface area contributed by atoms with Gasteiger partial charge in [-0.05, 0) is 136 Å². The molecule has 3 heterocycles. The topological polar surface area (TPSA) is 71.1 Å². The van der Waals surface area contributed by atoms with E-state index >= 15 is 4.39 Å². The quantitative estimate of drug-likeness (QED) is 0.258. The lowest BCUT2D eigenvalue weighted by Gasteiger charge is -2.47. The van der Waals surface area contributed by atoms with Crippen LogP contribution >= 0.6 is 23.5 Å². The second kappa shape index (κ2) is 14.8. The maximum absolute atomic E-state index is 15.5. The molecule has 4 unspecified atom stereocenters. The molecule has 2 aromatic rings. The van der Waals surface area contributed by atoms with Crippen LogP contribution in [-0.2, 0) is 21.4 Å². The van der Waals surface area contributed by atoms with Crippen molar-refractivity contribution in [3.63, 3.8) is 0 Å². The molecule has 5 aliphatic rings. The van der Waals surface area contributed by atoms with Crippen LogP contribution in [0.15, 0.2) is 42.0 Å². The Morgan fingerprint density at radius 2 is 1.98 bits per heavy atom. The highest BCUT2D eigenvalue weighted by atomic mass is 35.5. The summed E-state index contributed by atoms with van der Waals surface area (Å²) >= 11 is 7.73. The highest BCUT2D eigenvalue weighted by Crippen LogP contribution is 2.48. The highest BCUT2D eigenvalue weighted by molar-refractivity contribution is 7.98. The van der Waals surface area contributed by atoms with E-state index in [1.165, 1.54) is 23.9 Å². The number of nitrogens with zero attached hydrogens (tertiary/aromatic N) is 2.